The summed E-state index contributed by atoms with van der Waals surface area (Å²) in [6.45, 7) is -1.69. The van der Waals surface area contributed by atoms with E-state index >= 15 is 0 Å². The van der Waals surface area contributed by atoms with Crippen molar-refractivity contribution in [2.45, 2.75) is 18.3 Å². The van der Waals surface area contributed by atoms with Gasteiger partial charge in [0.25, 0.3) is 0 Å². The van der Waals surface area contributed by atoms with Crippen LogP contribution < -0.4 is 0 Å². The van der Waals surface area contributed by atoms with Crippen LogP contribution in [-0.4, -0.2) is 92.2 Å². The minimum atomic E-state index is -4.64. The molecule has 0 aromatic rings. The topological polar surface area (TPSA) is 274 Å². The predicted octanol–water partition coefficient (Wildman–Crippen LogP) is -5.23. The Morgan fingerprint density at radius 2 is 1.09 bits per heavy atom. The molecule has 3 unspecified atom stereocenters. The van der Waals surface area contributed by atoms with Crippen LogP contribution in [-0.2, 0) is 13.9 Å². The van der Waals surface area contributed by atoms with E-state index in [1.165, 1.54) is 0 Å². The summed E-state index contributed by atoms with van der Waals surface area (Å²) in [6.07, 6.45) is -5.22. The first-order valence-electron chi connectivity index (χ1n) is 4.89. The zero-order chi connectivity index (χ0) is 18.7. The zero-order valence-corrected chi connectivity index (χ0v) is 12.5. The maximum absolute atomic E-state index is 10.5. The molecule has 3 atom stereocenters. The molecule has 0 saturated carbocycles. The molecule has 14 nitrogen and oxygen atoms in total. The molecule has 0 rings (SSSR count). The van der Waals surface area contributed by atoms with Gasteiger partial charge in [-0.1, -0.05) is 0 Å². The van der Waals surface area contributed by atoms with Crippen molar-refractivity contribution in [3.05, 3.63) is 0 Å². The number of carbonyl (C=O) groups is 1. The summed E-state index contributed by atoms with van der Waals surface area (Å²) < 4.78 is 17.8. The van der Waals surface area contributed by atoms with Crippen molar-refractivity contribution < 1.29 is 68.8 Å². The number of carbonyl (C=O) groups excluding carboxylic acids is 1. The highest BCUT2D eigenvalue weighted by Crippen LogP contribution is 2.26. The average molecular weight is 376 g/mol. The highest BCUT2D eigenvalue weighted by atomic mass is 31.2. The lowest BCUT2D eigenvalue weighted by atomic mass is 10.1. The average Bonchev–Trinajstić information content (AvgIpc) is 2.30. The second kappa shape index (κ2) is 12.2. The monoisotopic (exact) mass is 376 g/mol. The van der Waals surface area contributed by atoms with Crippen molar-refractivity contribution in [2.75, 3.05) is 13.2 Å². The number of hydrogen-bond acceptors (Lipinski definition) is 8. The number of rotatable bonds is 5. The summed E-state index contributed by atoms with van der Waals surface area (Å²) in [5.41, 5.74) is 0. The van der Waals surface area contributed by atoms with E-state index in [1.807, 2.05) is 0 Å². The van der Waals surface area contributed by atoms with Crippen molar-refractivity contribution in [3.8, 4) is 0 Å². The van der Waals surface area contributed by atoms with E-state index < -0.39 is 53.0 Å². The van der Waals surface area contributed by atoms with E-state index in [0.29, 0.717) is 0 Å². The molecule has 16 heteroatoms. The van der Waals surface area contributed by atoms with Gasteiger partial charge in [0.1, 0.15) is 24.9 Å². The van der Waals surface area contributed by atoms with Gasteiger partial charge in [0.15, 0.2) is 5.78 Å². The first kappa shape index (κ1) is 26.6. The van der Waals surface area contributed by atoms with E-state index in [1.54, 1.807) is 0 Å². The fourth-order valence-electron chi connectivity index (χ4n) is 0.602. The van der Waals surface area contributed by atoms with Gasteiger partial charge < -0.3 is 54.9 Å². The van der Waals surface area contributed by atoms with Crippen molar-refractivity contribution in [1.29, 1.82) is 0 Å². The van der Waals surface area contributed by atoms with Crippen LogP contribution in [0.4, 0.5) is 0 Å². The number of Topliss-reactive ketones (excluding diaryl/α,β-unsaturated/α-hetero) is 1. The molecule has 0 aliphatic rings. The Balaban J connectivity index is -0.000000298. The van der Waals surface area contributed by atoms with E-state index in [2.05, 4.69) is 0 Å². The van der Waals surface area contributed by atoms with Gasteiger partial charge in [-0.05, 0) is 0 Å². The number of aliphatic hydroxyl groups is 5. The molecule has 22 heavy (non-hydrogen) atoms. The van der Waals surface area contributed by atoms with E-state index in [9.17, 15) is 4.79 Å². The van der Waals surface area contributed by atoms with Crippen molar-refractivity contribution in [3.63, 3.8) is 0 Å². The fourth-order valence-corrected chi connectivity index (χ4v) is 0.602. The Hall–Kier alpha value is -0.310. The van der Waals surface area contributed by atoms with E-state index in [-0.39, 0.29) is 0 Å². The van der Waals surface area contributed by atoms with Crippen LogP contribution in [0.1, 0.15) is 0 Å². The van der Waals surface area contributed by atoms with Crippen LogP contribution in [0.15, 0.2) is 0 Å². The molecule has 0 fully saturated rings. The molecule has 11 N–H and O–H groups in total. The Morgan fingerprint density at radius 3 is 1.27 bits per heavy atom. The van der Waals surface area contributed by atoms with Crippen molar-refractivity contribution in [1.82, 2.24) is 0 Å². The van der Waals surface area contributed by atoms with Crippen LogP contribution >= 0.6 is 15.6 Å². The Labute approximate surface area is 123 Å². The first-order chi connectivity index (χ1) is 9.54. The molecule has 0 heterocycles. The van der Waals surface area contributed by atoms with Gasteiger partial charge in [-0.25, -0.2) is 9.13 Å². The van der Waals surface area contributed by atoms with Crippen molar-refractivity contribution >= 4 is 21.4 Å². The summed E-state index contributed by atoms with van der Waals surface area (Å²) in [7, 11) is -9.28. The lowest BCUT2D eigenvalue weighted by molar-refractivity contribution is -0.142. The molecule has 0 saturated heterocycles. The predicted molar refractivity (Wildman–Crippen MR) is 65.7 cm³/mol. The minimum absolute atomic E-state index is 0.767. The quantitative estimate of drug-likeness (QED) is 0.200. The van der Waals surface area contributed by atoms with Gasteiger partial charge >= 0.3 is 15.6 Å². The third-order valence-electron chi connectivity index (χ3n) is 1.39. The molecule has 0 aliphatic heterocycles. The molecule has 136 valence electrons. The summed E-state index contributed by atoms with van der Waals surface area (Å²) in [6, 6.07) is 0. The summed E-state index contributed by atoms with van der Waals surface area (Å²) >= 11 is 0. The van der Waals surface area contributed by atoms with Gasteiger partial charge in [-0.2, -0.15) is 0 Å². The van der Waals surface area contributed by atoms with Crippen LogP contribution in [0, 0.1) is 0 Å². The second-order valence-electron chi connectivity index (χ2n) is 3.34. The van der Waals surface area contributed by atoms with Crippen LogP contribution in [0.3, 0.4) is 0 Å². The van der Waals surface area contributed by atoms with Crippen molar-refractivity contribution in [2.24, 2.45) is 0 Å². The molecule has 0 aromatic heterocycles. The van der Waals surface area contributed by atoms with Crippen LogP contribution in [0.5, 0.6) is 0 Å². The number of aliphatic hydroxyl groups excluding tert-OH is 5. The molecular formula is C6H18O14P2. The largest absolute Gasteiger partial charge is 0.466 e. The Morgan fingerprint density at radius 1 is 0.818 bits per heavy atom. The maximum Gasteiger partial charge on any atom is 0.466 e. The van der Waals surface area contributed by atoms with Gasteiger partial charge in [-0.3, -0.25) is 4.79 Å². The molecular weight excluding hydrogens is 358 g/mol. The summed E-state index contributed by atoms with van der Waals surface area (Å²) in [5.74, 6) is -1.00. The smallest absolute Gasteiger partial charge is 0.394 e. The standard InChI is InChI=1S/C6H12O6.2H3O4P/c7-1-3(9)5(11)6(12)4(10)2-8;2*1-5(2,3)4/h3,5-9,11-12H,1-2H2;2*(H3,1,2,3,4). The van der Waals surface area contributed by atoms with Crippen LogP contribution in [0.2, 0.25) is 0 Å². The SMILES string of the molecule is O=C(CO)C(O)C(O)C(O)CO.O=P(O)(O)O.O=P(O)(O)O. The lowest BCUT2D eigenvalue weighted by Crippen LogP contribution is -2.44. The lowest BCUT2D eigenvalue weighted by Gasteiger charge is -2.19. The second-order valence-corrected chi connectivity index (χ2v) is 5.39. The zero-order valence-electron chi connectivity index (χ0n) is 10.7. The van der Waals surface area contributed by atoms with Gasteiger partial charge in [0.05, 0.1) is 6.61 Å². The third-order valence-corrected chi connectivity index (χ3v) is 1.39. The molecule has 0 bridgehead atoms. The van der Waals surface area contributed by atoms with Gasteiger partial charge in [0, 0.05) is 0 Å². The number of ketones is 1. The fraction of sp³-hybridized carbons (Fsp3) is 0.833. The normalized spacial score (nSPS) is 15.4. The van der Waals surface area contributed by atoms with Gasteiger partial charge in [-0.15, -0.1) is 0 Å². The van der Waals surface area contributed by atoms with E-state index in [4.69, 9.17) is 64.0 Å². The first-order valence-corrected chi connectivity index (χ1v) is 8.02. The molecule has 0 spiro atoms. The third kappa shape index (κ3) is 27.9. The summed E-state index contributed by atoms with van der Waals surface area (Å²) in [5, 5.41) is 43.1. The number of hydrogen-bond donors (Lipinski definition) is 11. The minimum Gasteiger partial charge on any atom is -0.394 e. The maximum atomic E-state index is 10.5. The highest BCUT2D eigenvalue weighted by molar-refractivity contribution is 7.45. The molecule has 0 aromatic carbocycles. The molecule has 0 aliphatic carbocycles. The Kier molecular flexibility index (Phi) is 14.7. The molecule has 0 radical (unpaired) electrons. The molecule has 0 amide bonds. The van der Waals surface area contributed by atoms with E-state index in [0.717, 1.165) is 0 Å². The number of phosphoric acid groups is 2. The summed E-state index contributed by atoms with van der Waals surface area (Å²) in [4.78, 5) is 53.6. The van der Waals surface area contributed by atoms with Crippen LogP contribution in [0.25, 0.3) is 0 Å². The highest BCUT2D eigenvalue weighted by Gasteiger charge is 2.28. The Bertz CT molecular complexity index is 348. The van der Waals surface area contributed by atoms with Gasteiger partial charge in [0.2, 0.25) is 0 Å².